The van der Waals surface area contributed by atoms with Crippen molar-refractivity contribution < 1.29 is 4.74 Å². The van der Waals surface area contributed by atoms with Gasteiger partial charge in [0.15, 0.2) is 5.96 Å². The molecule has 1 unspecified atom stereocenters. The predicted octanol–water partition coefficient (Wildman–Crippen LogP) is 2.95. The van der Waals surface area contributed by atoms with Crippen LogP contribution in [0.15, 0.2) is 23.3 Å². The Hall–Kier alpha value is -1.05. The molecule has 1 aromatic rings. The maximum Gasteiger partial charge on any atom is 0.213 e. The third kappa shape index (κ3) is 6.81. The van der Waals surface area contributed by atoms with E-state index in [0.29, 0.717) is 11.8 Å². The Morgan fingerprint density at radius 1 is 1.36 bits per heavy atom. The maximum absolute atomic E-state index is 5.87. The fourth-order valence-corrected chi connectivity index (χ4v) is 2.38. The molecule has 1 aromatic heterocycles. The second kappa shape index (κ2) is 9.86. The van der Waals surface area contributed by atoms with Crippen LogP contribution in [0.1, 0.15) is 39.2 Å². The van der Waals surface area contributed by atoms with E-state index in [1.807, 2.05) is 12.1 Å². The number of aromatic nitrogens is 1. The molecule has 124 valence electrons. The van der Waals surface area contributed by atoms with Gasteiger partial charge in [-0.15, -0.1) is 24.0 Å². The zero-order chi connectivity index (χ0) is 15.1. The van der Waals surface area contributed by atoms with Crippen LogP contribution < -0.4 is 15.4 Å². The Kier molecular flexibility index (Phi) is 8.52. The lowest BCUT2D eigenvalue weighted by Gasteiger charge is -2.17. The highest BCUT2D eigenvalue weighted by Gasteiger charge is 2.08. The molecule has 1 aliphatic rings. The minimum Gasteiger partial charge on any atom is -0.475 e. The number of hydrogen-bond donors (Lipinski definition) is 2. The first-order valence-electron chi connectivity index (χ1n) is 7.77. The van der Waals surface area contributed by atoms with Gasteiger partial charge in [-0.1, -0.05) is 13.8 Å². The van der Waals surface area contributed by atoms with E-state index in [0.717, 1.165) is 44.0 Å². The lowest BCUT2D eigenvalue weighted by molar-refractivity contribution is 0.185. The molecule has 0 amide bonds. The number of halogens is 1. The maximum atomic E-state index is 5.87. The van der Waals surface area contributed by atoms with Gasteiger partial charge in [0.05, 0.1) is 6.10 Å². The van der Waals surface area contributed by atoms with E-state index in [1.165, 1.54) is 0 Å². The quantitative estimate of drug-likeness (QED) is 0.698. The van der Waals surface area contributed by atoms with E-state index in [2.05, 4.69) is 41.4 Å². The van der Waals surface area contributed by atoms with Gasteiger partial charge in [0.1, 0.15) is 0 Å². The van der Waals surface area contributed by atoms with Gasteiger partial charge in [-0.05, 0) is 37.3 Å². The average molecular weight is 418 g/mol. The molecule has 0 aliphatic carbocycles. The SMILES string of the molecule is CC(C)CC(C)Oc1cc(CNC2=NCCCN2)ccn1.I. The van der Waals surface area contributed by atoms with Crippen LogP contribution in [0.5, 0.6) is 5.88 Å². The topological polar surface area (TPSA) is 58.5 Å². The first-order valence-corrected chi connectivity index (χ1v) is 7.77. The number of aliphatic imine (C=N–C) groups is 1. The van der Waals surface area contributed by atoms with Crippen molar-refractivity contribution in [2.45, 2.75) is 46.3 Å². The standard InChI is InChI=1S/C16H26N4O.HI/c1-12(2)9-13(3)21-15-10-14(5-8-17-15)11-20-16-18-6-4-7-19-16;/h5,8,10,12-13H,4,6-7,9,11H2,1-3H3,(H2,18,19,20);1H. The summed E-state index contributed by atoms with van der Waals surface area (Å²) in [6.07, 6.45) is 4.12. The summed E-state index contributed by atoms with van der Waals surface area (Å²) in [5, 5.41) is 6.56. The van der Waals surface area contributed by atoms with Gasteiger partial charge in [0.25, 0.3) is 0 Å². The number of nitrogens with zero attached hydrogens (tertiary/aromatic N) is 2. The summed E-state index contributed by atoms with van der Waals surface area (Å²) >= 11 is 0. The Bertz CT molecular complexity index is 479. The van der Waals surface area contributed by atoms with Crippen LogP contribution in [0, 0.1) is 5.92 Å². The highest BCUT2D eigenvalue weighted by Crippen LogP contribution is 2.14. The molecule has 2 rings (SSSR count). The van der Waals surface area contributed by atoms with Crippen LogP contribution in [0.3, 0.4) is 0 Å². The molecule has 0 fully saturated rings. The van der Waals surface area contributed by atoms with E-state index in [4.69, 9.17) is 4.74 Å². The summed E-state index contributed by atoms with van der Waals surface area (Å²) in [5.41, 5.74) is 1.15. The lowest BCUT2D eigenvalue weighted by Crippen LogP contribution is -2.40. The van der Waals surface area contributed by atoms with Crippen LogP contribution in [0.4, 0.5) is 0 Å². The molecule has 1 atom stereocenters. The van der Waals surface area contributed by atoms with Gasteiger partial charge >= 0.3 is 0 Å². The van der Waals surface area contributed by atoms with Crippen molar-refractivity contribution in [2.75, 3.05) is 13.1 Å². The van der Waals surface area contributed by atoms with Crippen LogP contribution in [-0.2, 0) is 6.54 Å². The predicted molar refractivity (Wildman–Crippen MR) is 101 cm³/mol. The molecule has 0 aromatic carbocycles. The van der Waals surface area contributed by atoms with Crippen molar-refractivity contribution in [1.82, 2.24) is 15.6 Å². The third-order valence-corrected chi connectivity index (χ3v) is 3.28. The molecule has 22 heavy (non-hydrogen) atoms. The second-order valence-electron chi connectivity index (χ2n) is 5.92. The number of ether oxygens (including phenoxy) is 1. The molecule has 0 radical (unpaired) electrons. The Morgan fingerprint density at radius 2 is 2.18 bits per heavy atom. The van der Waals surface area contributed by atoms with E-state index >= 15 is 0 Å². The summed E-state index contributed by atoms with van der Waals surface area (Å²) in [7, 11) is 0. The fourth-order valence-electron chi connectivity index (χ4n) is 2.38. The van der Waals surface area contributed by atoms with Crippen molar-refractivity contribution in [3.63, 3.8) is 0 Å². The fraction of sp³-hybridized carbons (Fsp3) is 0.625. The molecule has 6 heteroatoms. The molecule has 0 saturated heterocycles. The average Bonchev–Trinajstić information content (AvgIpc) is 2.46. The van der Waals surface area contributed by atoms with Crippen LogP contribution >= 0.6 is 24.0 Å². The van der Waals surface area contributed by atoms with Gasteiger partial charge in [0.2, 0.25) is 5.88 Å². The molecular formula is C16H27IN4O. The molecule has 0 saturated carbocycles. The summed E-state index contributed by atoms with van der Waals surface area (Å²) < 4.78 is 5.87. The van der Waals surface area contributed by atoms with Crippen molar-refractivity contribution in [2.24, 2.45) is 10.9 Å². The van der Waals surface area contributed by atoms with Crippen LogP contribution in [0.2, 0.25) is 0 Å². The summed E-state index contributed by atoms with van der Waals surface area (Å²) in [6.45, 7) is 9.10. The normalized spacial score (nSPS) is 15.4. The number of hydrogen-bond acceptors (Lipinski definition) is 5. The Balaban J connectivity index is 0.00000242. The first kappa shape index (κ1) is 19.0. The Morgan fingerprint density at radius 3 is 2.86 bits per heavy atom. The molecule has 2 N–H and O–H groups in total. The van der Waals surface area contributed by atoms with Gasteiger partial charge < -0.3 is 15.4 Å². The monoisotopic (exact) mass is 418 g/mol. The van der Waals surface area contributed by atoms with Crippen molar-refractivity contribution in [3.05, 3.63) is 23.9 Å². The van der Waals surface area contributed by atoms with Gasteiger partial charge in [-0.25, -0.2) is 4.98 Å². The number of nitrogens with one attached hydrogen (secondary N) is 2. The largest absolute Gasteiger partial charge is 0.475 e. The number of guanidine groups is 1. The Labute approximate surface area is 150 Å². The van der Waals surface area contributed by atoms with E-state index in [1.54, 1.807) is 6.20 Å². The van der Waals surface area contributed by atoms with Crippen molar-refractivity contribution in [3.8, 4) is 5.88 Å². The summed E-state index contributed by atoms with van der Waals surface area (Å²) in [6, 6.07) is 3.99. The second-order valence-corrected chi connectivity index (χ2v) is 5.92. The third-order valence-electron chi connectivity index (χ3n) is 3.28. The van der Waals surface area contributed by atoms with Crippen LogP contribution in [-0.4, -0.2) is 30.1 Å². The number of pyridine rings is 1. The first-order chi connectivity index (χ1) is 10.1. The van der Waals surface area contributed by atoms with Gasteiger partial charge in [-0.3, -0.25) is 4.99 Å². The van der Waals surface area contributed by atoms with E-state index in [9.17, 15) is 0 Å². The molecular weight excluding hydrogens is 391 g/mol. The lowest BCUT2D eigenvalue weighted by atomic mass is 10.1. The minimum absolute atomic E-state index is 0. The number of rotatable bonds is 6. The highest BCUT2D eigenvalue weighted by atomic mass is 127. The van der Waals surface area contributed by atoms with E-state index < -0.39 is 0 Å². The van der Waals surface area contributed by atoms with Gasteiger partial charge in [0, 0.05) is 31.9 Å². The molecule has 5 nitrogen and oxygen atoms in total. The zero-order valence-electron chi connectivity index (χ0n) is 13.6. The van der Waals surface area contributed by atoms with E-state index in [-0.39, 0.29) is 30.1 Å². The highest BCUT2D eigenvalue weighted by molar-refractivity contribution is 14.0. The molecule has 2 heterocycles. The van der Waals surface area contributed by atoms with Gasteiger partial charge in [-0.2, -0.15) is 0 Å². The van der Waals surface area contributed by atoms with Crippen LogP contribution in [0.25, 0.3) is 0 Å². The summed E-state index contributed by atoms with van der Waals surface area (Å²) in [5.74, 6) is 2.20. The minimum atomic E-state index is 0. The van der Waals surface area contributed by atoms with Crippen molar-refractivity contribution in [1.29, 1.82) is 0 Å². The smallest absolute Gasteiger partial charge is 0.213 e. The molecule has 0 bridgehead atoms. The summed E-state index contributed by atoms with van der Waals surface area (Å²) in [4.78, 5) is 8.68. The molecule has 1 aliphatic heterocycles. The molecule has 0 spiro atoms. The zero-order valence-corrected chi connectivity index (χ0v) is 16.0. The van der Waals surface area contributed by atoms with Crippen molar-refractivity contribution >= 4 is 29.9 Å².